The Labute approximate surface area is 185 Å². The lowest BCUT2D eigenvalue weighted by molar-refractivity contribution is -0.123. The Morgan fingerprint density at radius 1 is 1.13 bits per heavy atom. The number of carbonyl (C=O) groups is 2. The van der Waals surface area contributed by atoms with Crippen molar-refractivity contribution >= 4 is 40.4 Å². The van der Waals surface area contributed by atoms with E-state index < -0.39 is 5.41 Å². The molecule has 0 bridgehead atoms. The van der Waals surface area contributed by atoms with Crippen molar-refractivity contribution in [1.29, 1.82) is 0 Å². The molecule has 1 amide bonds. The number of aliphatic imine (C=N–C) groups is 1. The van der Waals surface area contributed by atoms with Gasteiger partial charge in [0.25, 0.3) is 5.91 Å². The van der Waals surface area contributed by atoms with Gasteiger partial charge in [0.1, 0.15) is 11.5 Å². The van der Waals surface area contributed by atoms with E-state index in [4.69, 9.17) is 9.47 Å². The molecule has 0 radical (unpaired) electrons. The summed E-state index contributed by atoms with van der Waals surface area (Å²) in [4.78, 5) is 31.9. The Morgan fingerprint density at radius 3 is 2.55 bits per heavy atom. The summed E-state index contributed by atoms with van der Waals surface area (Å²) in [5.41, 5.74) is 2.47. The first-order valence-electron chi connectivity index (χ1n) is 9.99. The normalized spacial score (nSPS) is 16.8. The lowest BCUT2D eigenvalue weighted by Crippen LogP contribution is -2.31. The molecule has 0 saturated heterocycles. The highest BCUT2D eigenvalue weighted by Crippen LogP contribution is 2.35. The van der Waals surface area contributed by atoms with Gasteiger partial charge in [-0.25, -0.2) is 4.99 Å². The number of amides is 1. The predicted molar refractivity (Wildman–Crippen MR) is 124 cm³/mol. The summed E-state index contributed by atoms with van der Waals surface area (Å²) in [7, 11) is 0. The molecular formula is C24H24N2O4S. The third-order valence-corrected chi connectivity index (χ3v) is 5.93. The number of ketones is 1. The standard InChI is InChI=1S/C24H24N2O4S/c1-15-5-8-17(9-6-15)26-22(28)18(25-23(26)31-13-21(27)24(2,3)4)11-16-7-10-19-20(12-16)30-14-29-19/h5-12H,13-14H2,1-4H3/b18-11-. The zero-order valence-electron chi connectivity index (χ0n) is 18.0. The van der Waals surface area contributed by atoms with Crippen LogP contribution in [0.2, 0.25) is 0 Å². The van der Waals surface area contributed by atoms with Crippen LogP contribution >= 0.6 is 11.8 Å². The third kappa shape index (κ3) is 4.51. The quantitative estimate of drug-likeness (QED) is 0.643. The smallest absolute Gasteiger partial charge is 0.283 e. The zero-order chi connectivity index (χ0) is 22.2. The van der Waals surface area contributed by atoms with Crippen molar-refractivity contribution in [3.8, 4) is 11.5 Å². The van der Waals surface area contributed by atoms with Gasteiger partial charge < -0.3 is 9.47 Å². The fourth-order valence-corrected chi connectivity index (χ4v) is 4.20. The Hall–Kier alpha value is -3.06. The number of hydrogen-bond donors (Lipinski definition) is 0. The molecule has 0 spiro atoms. The van der Waals surface area contributed by atoms with E-state index in [1.165, 1.54) is 11.8 Å². The van der Waals surface area contributed by atoms with E-state index in [2.05, 4.69) is 4.99 Å². The molecule has 7 heteroatoms. The fraction of sp³-hybridized carbons (Fsp3) is 0.292. The number of thioether (sulfide) groups is 1. The second-order valence-electron chi connectivity index (χ2n) is 8.47. The molecule has 31 heavy (non-hydrogen) atoms. The average Bonchev–Trinajstić information content (AvgIpc) is 3.30. The highest BCUT2D eigenvalue weighted by molar-refractivity contribution is 8.14. The second-order valence-corrected chi connectivity index (χ2v) is 9.42. The number of rotatable bonds is 4. The van der Waals surface area contributed by atoms with Gasteiger partial charge in [-0.05, 0) is 42.8 Å². The number of carbonyl (C=O) groups excluding carboxylic acids is 2. The molecule has 2 aromatic rings. The molecule has 2 heterocycles. The molecule has 0 atom stereocenters. The summed E-state index contributed by atoms with van der Waals surface area (Å²) in [5.74, 6) is 1.44. The van der Waals surface area contributed by atoms with Gasteiger partial charge in [0, 0.05) is 5.41 Å². The van der Waals surface area contributed by atoms with Crippen LogP contribution in [0.1, 0.15) is 31.9 Å². The van der Waals surface area contributed by atoms with Crippen LogP contribution in [0.25, 0.3) is 6.08 Å². The summed E-state index contributed by atoms with van der Waals surface area (Å²) in [5, 5.41) is 0.499. The summed E-state index contributed by atoms with van der Waals surface area (Å²) >= 11 is 1.28. The lowest BCUT2D eigenvalue weighted by atomic mass is 9.92. The molecule has 4 rings (SSSR count). The number of amidine groups is 1. The number of aryl methyl sites for hydroxylation is 1. The SMILES string of the molecule is Cc1ccc(N2C(=O)/C(=C/c3ccc4c(c3)OCO4)N=C2SCC(=O)C(C)(C)C)cc1. The van der Waals surface area contributed by atoms with E-state index in [0.717, 1.165) is 16.8 Å². The van der Waals surface area contributed by atoms with E-state index in [9.17, 15) is 9.59 Å². The largest absolute Gasteiger partial charge is 0.454 e. The molecule has 0 aliphatic carbocycles. The lowest BCUT2D eigenvalue weighted by Gasteiger charge is -2.20. The van der Waals surface area contributed by atoms with Crippen LogP contribution in [0.4, 0.5) is 5.69 Å². The number of ether oxygens (including phenoxy) is 2. The van der Waals surface area contributed by atoms with Gasteiger partial charge in [0.15, 0.2) is 16.7 Å². The minimum atomic E-state index is -0.448. The minimum absolute atomic E-state index is 0.102. The Bertz CT molecular complexity index is 1100. The number of nitrogens with zero attached hydrogens (tertiary/aromatic N) is 2. The number of hydrogen-bond acceptors (Lipinski definition) is 6. The number of fused-ring (bicyclic) bond motifs is 1. The predicted octanol–water partition coefficient (Wildman–Crippen LogP) is 4.82. The zero-order valence-corrected chi connectivity index (χ0v) is 18.8. The first kappa shape index (κ1) is 21.2. The van der Waals surface area contributed by atoms with Crippen LogP contribution < -0.4 is 14.4 Å². The molecule has 0 N–H and O–H groups in total. The van der Waals surface area contributed by atoms with Gasteiger partial charge in [-0.15, -0.1) is 0 Å². The van der Waals surface area contributed by atoms with E-state index in [1.807, 2.05) is 70.2 Å². The van der Waals surface area contributed by atoms with Crippen molar-refractivity contribution in [1.82, 2.24) is 0 Å². The molecule has 6 nitrogen and oxygen atoms in total. The van der Waals surface area contributed by atoms with Gasteiger partial charge in [-0.2, -0.15) is 0 Å². The van der Waals surface area contributed by atoms with Crippen molar-refractivity contribution in [2.45, 2.75) is 27.7 Å². The Kier molecular flexibility index (Phi) is 5.62. The fourth-order valence-electron chi connectivity index (χ4n) is 3.02. The van der Waals surface area contributed by atoms with E-state index >= 15 is 0 Å². The van der Waals surface area contributed by atoms with Crippen molar-refractivity contribution in [3.05, 3.63) is 59.3 Å². The van der Waals surface area contributed by atoms with Gasteiger partial charge in [-0.1, -0.05) is 56.3 Å². The number of benzene rings is 2. The van der Waals surface area contributed by atoms with Crippen LogP contribution in [0, 0.1) is 12.3 Å². The van der Waals surface area contributed by atoms with Gasteiger partial charge in [0.2, 0.25) is 6.79 Å². The maximum atomic E-state index is 13.3. The first-order valence-corrected chi connectivity index (χ1v) is 11.0. The highest BCUT2D eigenvalue weighted by Gasteiger charge is 2.33. The van der Waals surface area contributed by atoms with E-state index in [-0.39, 0.29) is 24.2 Å². The first-order chi connectivity index (χ1) is 14.7. The molecule has 2 aliphatic rings. The number of Topliss-reactive ketones (excluding diaryl/α,β-unsaturated/α-hetero) is 1. The molecule has 160 valence electrons. The Morgan fingerprint density at radius 2 is 1.84 bits per heavy atom. The Balaban J connectivity index is 1.66. The van der Waals surface area contributed by atoms with Crippen molar-refractivity contribution in [3.63, 3.8) is 0 Å². The molecule has 2 aromatic carbocycles. The van der Waals surface area contributed by atoms with Crippen LogP contribution in [-0.4, -0.2) is 29.4 Å². The third-order valence-electron chi connectivity index (χ3n) is 4.99. The van der Waals surface area contributed by atoms with Crippen molar-refractivity contribution < 1.29 is 19.1 Å². The van der Waals surface area contributed by atoms with Crippen LogP contribution in [0.15, 0.2) is 53.2 Å². The monoisotopic (exact) mass is 436 g/mol. The topological polar surface area (TPSA) is 68.2 Å². The molecule has 2 aliphatic heterocycles. The van der Waals surface area contributed by atoms with Crippen molar-refractivity contribution in [2.24, 2.45) is 10.4 Å². The van der Waals surface area contributed by atoms with Crippen LogP contribution in [-0.2, 0) is 9.59 Å². The van der Waals surface area contributed by atoms with Crippen molar-refractivity contribution in [2.75, 3.05) is 17.4 Å². The number of anilines is 1. The summed E-state index contributed by atoms with van der Waals surface area (Å²) in [6.45, 7) is 7.85. The van der Waals surface area contributed by atoms with Crippen LogP contribution in [0.5, 0.6) is 11.5 Å². The average molecular weight is 437 g/mol. The van der Waals surface area contributed by atoms with Gasteiger partial charge in [0.05, 0.1) is 11.4 Å². The molecule has 0 unspecified atom stereocenters. The summed E-state index contributed by atoms with van der Waals surface area (Å²) in [6, 6.07) is 13.2. The highest BCUT2D eigenvalue weighted by atomic mass is 32.2. The maximum absolute atomic E-state index is 13.3. The van der Waals surface area contributed by atoms with Crippen LogP contribution in [0.3, 0.4) is 0 Å². The molecule has 0 fully saturated rings. The van der Waals surface area contributed by atoms with E-state index in [1.54, 1.807) is 11.0 Å². The summed E-state index contributed by atoms with van der Waals surface area (Å²) in [6.07, 6.45) is 1.73. The molecule has 0 saturated carbocycles. The minimum Gasteiger partial charge on any atom is -0.454 e. The molecule has 0 aromatic heterocycles. The summed E-state index contributed by atoms with van der Waals surface area (Å²) < 4.78 is 10.8. The van der Waals surface area contributed by atoms with E-state index in [0.29, 0.717) is 22.4 Å². The van der Waals surface area contributed by atoms with Gasteiger partial charge in [-0.3, -0.25) is 14.5 Å². The van der Waals surface area contributed by atoms with Gasteiger partial charge >= 0.3 is 0 Å². The second kappa shape index (κ2) is 8.23. The molecular weight excluding hydrogens is 412 g/mol. The maximum Gasteiger partial charge on any atom is 0.283 e.